The molecule has 1 unspecified atom stereocenters. The van der Waals surface area contributed by atoms with Gasteiger partial charge in [0.2, 0.25) is 11.8 Å². The summed E-state index contributed by atoms with van der Waals surface area (Å²) < 4.78 is 0. The van der Waals surface area contributed by atoms with Gasteiger partial charge in [0.15, 0.2) is 0 Å². The second-order valence-electron chi connectivity index (χ2n) is 6.26. The summed E-state index contributed by atoms with van der Waals surface area (Å²) in [5, 5.41) is 0. The molecule has 1 atom stereocenters. The van der Waals surface area contributed by atoms with Crippen LogP contribution in [-0.4, -0.2) is 40.1 Å². The molecule has 0 aliphatic carbocycles. The second kappa shape index (κ2) is 8.17. The zero-order chi connectivity index (χ0) is 17.6. The van der Waals surface area contributed by atoms with Gasteiger partial charge in [-0.1, -0.05) is 60.7 Å². The summed E-state index contributed by atoms with van der Waals surface area (Å²) in [4.78, 5) is 28.3. The van der Waals surface area contributed by atoms with Crippen molar-refractivity contribution in [2.45, 2.75) is 25.6 Å². The highest BCUT2D eigenvalue weighted by atomic mass is 35.5. The van der Waals surface area contributed by atoms with Gasteiger partial charge < -0.3 is 9.80 Å². The van der Waals surface area contributed by atoms with Crippen LogP contribution >= 0.6 is 11.6 Å². The highest BCUT2D eigenvalue weighted by Crippen LogP contribution is 2.22. The molecule has 1 aliphatic rings. The zero-order valence-corrected chi connectivity index (χ0v) is 14.7. The lowest BCUT2D eigenvalue weighted by atomic mass is 10.1. The third-order valence-corrected chi connectivity index (χ3v) is 4.71. The van der Waals surface area contributed by atoms with E-state index in [2.05, 4.69) is 0 Å². The molecule has 0 spiro atoms. The molecule has 0 aromatic heterocycles. The predicted molar refractivity (Wildman–Crippen MR) is 98.0 cm³/mol. The van der Waals surface area contributed by atoms with Crippen molar-refractivity contribution in [3.63, 3.8) is 0 Å². The largest absolute Gasteiger partial charge is 0.336 e. The number of hydrogen-bond donors (Lipinski definition) is 0. The summed E-state index contributed by atoms with van der Waals surface area (Å²) in [5.41, 5.74) is 2.13. The molecule has 2 aromatic carbocycles. The Bertz CT molecular complexity index is 721. The van der Waals surface area contributed by atoms with Gasteiger partial charge >= 0.3 is 0 Å². The van der Waals surface area contributed by atoms with Crippen LogP contribution in [0.4, 0.5) is 0 Å². The molecule has 4 nitrogen and oxygen atoms in total. The Kier molecular flexibility index (Phi) is 5.71. The molecule has 2 amide bonds. The highest BCUT2D eigenvalue weighted by Gasteiger charge is 2.35. The summed E-state index contributed by atoms with van der Waals surface area (Å²) in [5.74, 6) is -0.130. The number of halogens is 1. The number of hydrogen-bond acceptors (Lipinski definition) is 2. The van der Waals surface area contributed by atoms with E-state index < -0.39 is 0 Å². The van der Waals surface area contributed by atoms with E-state index in [-0.39, 0.29) is 23.7 Å². The summed E-state index contributed by atoms with van der Waals surface area (Å²) in [7, 11) is 0. The topological polar surface area (TPSA) is 40.6 Å². The number of nitrogens with zero attached hydrogens (tertiary/aromatic N) is 2. The van der Waals surface area contributed by atoms with Gasteiger partial charge in [0.25, 0.3) is 0 Å². The lowest BCUT2D eigenvalue weighted by molar-refractivity contribution is -0.131. The van der Waals surface area contributed by atoms with Crippen LogP contribution in [0, 0.1) is 0 Å². The Balaban J connectivity index is 1.71. The molecular weight excluding hydrogens is 336 g/mol. The Morgan fingerprint density at radius 2 is 1.64 bits per heavy atom. The third kappa shape index (κ3) is 4.40. The predicted octanol–water partition coefficient (Wildman–Crippen LogP) is 3.06. The minimum atomic E-state index is -0.136. The van der Waals surface area contributed by atoms with Crippen LogP contribution in [0.15, 0.2) is 60.7 Å². The SMILES string of the molecule is O=C1CC(N(Cc2ccccc2)C(=O)CCl)CN1Cc1ccccc1. The van der Waals surface area contributed by atoms with Crippen LogP contribution in [0.2, 0.25) is 0 Å². The zero-order valence-electron chi connectivity index (χ0n) is 14.0. The number of rotatable bonds is 6. The van der Waals surface area contributed by atoms with E-state index in [0.717, 1.165) is 11.1 Å². The Morgan fingerprint density at radius 3 is 2.24 bits per heavy atom. The van der Waals surface area contributed by atoms with Gasteiger partial charge in [0.1, 0.15) is 5.88 Å². The van der Waals surface area contributed by atoms with Crippen molar-refractivity contribution in [3.8, 4) is 0 Å². The molecule has 0 radical (unpaired) electrons. The monoisotopic (exact) mass is 356 g/mol. The fraction of sp³-hybridized carbons (Fsp3) is 0.300. The van der Waals surface area contributed by atoms with Crippen molar-refractivity contribution in [2.24, 2.45) is 0 Å². The molecule has 0 N–H and O–H groups in total. The standard InChI is InChI=1S/C20H21ClN2O2/c21-12-20(25)23(14-17-9-5-2-6-10-17)18-11-19(24)22(15-18)13-16-7-3-1-4-8-16/h1-10,18H,11-15H2. The van der Waals surface area contributed by atoms with E-state index in [0.29, 0.717) is 26.1 Å². The molecule has 0 bridgehead atoms. The van der Waals surface area contributed by atoms with Crippen molar-refractivity contribution in [1.29, 1.82) is 0 Å². The fourth-order valence-electron chi connectivity index (χ4n) is 3.19. The van der Waals surface area contributed by atoms with Gasteiger partial charge in [-0.25, -0.2) is 0 Å². The van der Waals surface area contributed by atoms with Crippen molar-refractivity contribution >= 4 is 23.4 Å². The fourth-order valence-corrected chi connectivity index (χ4v) is 3.35. The third-order valence-electron chi connectivity index (χ3n) is 4.48. The van der Waals surface area contributed by atoms with Crippen LogP contribution < -0.4 is 0 Å². The first-order valence-corrected chi connectivity index (χ1v) is 8.92. The minimum absolute atomic E-state index is 0.0732. The molecule has 1 saturated heterocycles. The smallest absolute Gasteiger partial charge is 0.238 e. The van der Waals surface area contributed by atoms with Gasteiger partial charge in [-0.2, -0.15) is 0 Å². The van der Waals surface area contributed by atoms with Crippen LogP contribution in [0.25, 0.3) is 0 Å². The molecule has 130 valence electrons. The highest BCUT2D eigenvalue weighted by molar-refractivity contribution is 6.27. The lowest BCUT2D eigenvalue weighted by Gasteiger charge is -2.28. The molecule has 1 heterocycles. The molecule has 3 rings (SSSR count). The Morgan fingerprint density at radius 1 is 1.04 bits per heavy atom. The van der Waals surface area contributed by atoms with E-state index in [4.69, 9.17) is 11.6 Å². The average molecular weight is 357 g/mol. The molecule has 2 aromatic rings. The molecule has 1 fully saturated rings. The Labute approximate surface area is 153 Å². The summed E-state index contributed by atoms with van der Waals surface area (Å²) in [6.07, 6.45) is 0.350. The number of benzene rings is 2. The maximum absolute atomic E-state index is 12.4. The molecular formula is C20H21ClN2O2. The van der Waals surface area contributed by atoms with Crippen LogP contribution in [0.5, 0.6) is 0 Å². The number of alkyl halides is 1. The van der Waals surface area contributed by atoms with Gasteiger partial charge in [0, 0.05) is 26.1 Å². The van der Waals surface area contributed by atoms with Gasteiger partial charge in [-0.3, -0.25) is 9.59 Å². The van der Waals surface area contributed by atoms with Gasteiger partial charge in [-0.15, -0.1) is 11.6 Å². The number of amides is 2. The van der Waals surface area contributed by atoms with Crippen molar-refractivity contribution in [2.75, 3.05) is 12.4 Å². The summed E-state index contributed by atoms with van der Waals surface area (Å²) in [6.45, 7) is 1.59. The first-order valence-electron chi connectivity index (χ1n) is 8.38. The summed E-state index contributed by atoms with van der Waals surface area (Å²) >= 11 is 5.80. The van der Waals surface area contributed by atoms with Crippen molar-refractivity contribution < 1.29 is 9.59 Å². The molecule has 25 heavy (non-hydrogen) atoms. The van der Waals surface area contributed by atoms with E-state index in [1.165, 1.54) is 0 Å². The van der Waals surface area contributed by atoms with E-state index in [9.17, 15) is 9.59 Å². The van der Waals surface area contributed by atoms with E-state index in [1.54, 1.807) is 4.90 Å². The van der Waals surface area contributed by atoms with E-state index >= 15 is 0 Å². The minimum Gasteiger partial charge on any atom is -0.336 e. The lowest BCUT2D eigenvalue weighted by Crippen LogP contribution is -2.42. The Hall–Kier alpha value is -2.33. The van der Waals surface area contributed by atoms with Crippen LogP contribution in [0.1, 0.15) is 17.5 Å². The van der Waals surface area contributed by atoms with Crippen LogP contribution in [0.3, 0.4) is 0 Å². The normalized spacial score (nSPS) is 16.9. The van der Waals surface area contributed by atoms with Crippen LogP contribution in [-0.2, 0) is 22.7 Å². The molecule has 1 aliphatic heterocycles. The van der Waals surface area contributed by atoms with Gasteiger partial charge in [-0.05, 0) is 11.1 Å². The quantitative estimate of drug-likeness (QED) is 0.746. The maximum Gasteiger partial charge on any atom is 0.238 e. The second-order valence-corrected chi connectivity index (χ2v) is 6.53. The number of carbonyl (C=O) groups is 2. The summed E-state index contributed by atoms with van der Waals surface area (Å²) in [6, 6.07) is 19.6. The first-order chi connectivity index (χ1) is 12.2. The van der Waals surface area contributed by atoms with Crippen molar-refractivity contribution in [3.05, 3.63) is 71.8 Å². The number of carbonyl (C=O) groups excluding carboxylic acids is 2. The molecule has 5 heteroatoms. The maximum atomic E-state index is 12.4. The van der Waals surface area contributed by atoms with Crippen molar-refractivity contribution in [1.82, 2.24) is 9.80 Å². The average Bonchev–Trinajstić information content (AvgIpc) is 3.01. The van der Waals surface area contributed by atoms with Gasteiger partial charge in [0.05, 0.1) is 6.04 Å². The first kappa shape index (κ1) is 17.5. The molecule has 0 saturated carbocycles. The van der Waals surface area contributed by atoms with E-state index in [1.807, 2.05) is 65.6 Å². The number of likely N-dealkylation sites (tertiary alicyclic amines) is 1.